The van der Waals surface area contributed by atoms with Crippen LogP contribution in [0.1, 0.15) is 0 Å². The molecule has 20 heavy (non-hydrogen) atoms. The molecule has 2 saturated heterocycles. The van der Waals surface area contributed by atoms with E-state index in [1.165, 1.54) is 12.0 Å². The Morgan fingerprint density at radius 1 is 1.45 bits per heavy atom. The number of carbonyl (C=O) groups is 4. The molecule has 2 aliphatic heterocycles. The van der Waals surface area contributed by atoms with E-state index < -0.39 is 29.9 Å². The molecule has 0 aromatic rings. The quantitative estimate of drug-likeness (QED) is 0.472. The number of hydrogen-bond donors (Lipinski definition) is 1. The molecule has 110 valence electrons. The average Bonchev–Trinajstić information content (AvgIpc) is 2.78. The molecule has 0 saturated carbocycles. The Labute approximate surface area is 114 Å². The first kappa shape index (κ1) is 14.3. The van der Waals surface area contributed by atoms with Gasteiger partial charge in [-0.15, -0.1) is 0 Å². The number of morpholine rings is 1. The third kappa shape index (κ3) is 2.87. The number of hydrogen-bond acceptors (Lipinski definition) is 6. The Morgan fingerprint density at radius 3 is 2.80 bits per heavy atom. The Kier molecular flexibility index (Phi) is 4.18. The molecule has 1 unspecified atom stereocenters. The van der Waals surface area contributed by atoms with E-state index in [2.05, 4.69) is 10.1 Å². The molecule has 2 rings (SSSR count). The standard InChI is InChI=1S/C11H15N3O6/c1-19-10(17)7-5-13(2-3-20-7)9(16)6-14-8(15)4-12-11(14)18/h7H,2-6H2,1H3,(H,12,18). The Bertz CT molecular complexity index is 435. The number of esters is 1. The van der Waals surface area contributed by atoms with Gasteiger partial charge in [0.15, 0.2) is 6.10 Å². The van der Waals surface area contributed by atoms with Gasteiger partial charge >= 0.3 is 12.0 Å². The highest BCUT2D eigenvalue weighted by Gasteiger charge is 2.34. The van der Waals surface area contributed by atoms with E-state index in [9.17, 15) is 19.2 Å². The fraction of sp³-hybridized carbons (Fsp3) is 0.636. The zero-order chi connectivity index (χ0) is 14.7. The molecule has 4 amide bonds. The summed E-state index contributed by atoms with van der Waals surface area (Å²) in [5.74, 6) is -1.41. The van der Waals surface area contributed by atoms with Gasteiger partial charge < -0.3 is 19.7 Å². The highest BCUT2D eigenvalue weighted by molar-refractivity contribution is 6.04. The van der Waals surface area contributed by atoms with Gasteiger partial charge in [-0.2, -0.15) is 0 Å². The van der Waals surface area contributed by atoms with E-state index in [-0.39, 0.29) is 26.2 Å². The van der Waals surface area contributed by atoms with Crippen LogP contribution in [0.25, 0.3) is 0 Å². The summed E-state index contributed by atoms with van der Waals surface area (Å²) in [6, 6.07) is -0.582. The SMILES string of the molecule is COC(=O)C1CN(C(=O)CN2C(=O)CNC2=O)CCO1. The van der Waals surface area contributed by atoms with Crippen molar-refractivity contribution in [1.29, 1.82) is 0 Å². The van der Waals surface area contributed by atoms with Crippen LogP contribution in [0.2, 0.25) is 0 Å². The van der Waals surface area contributed by atoms with Gasteiger partial charge in [0, 0.05) is 6.54 Å². The van der Waals surface area contributed by atoms with Crippen molar-refractivity contribution in [2.45, 2.75) is 6.10 Å². The van der Waals surface area contributed by atoms with Crippen molar-refractivity contribution in [2.24, 2.45) is 0 Å². The van der Waals surface area contributed by atoms with Crippen LogP contribution in [0.15, 0.2) is 0 Å². The van der Waals surface area contributed by atoms with Crippen molar-refractivity contribution >= 4 is 23.8 Å². The second kappa shape index (κ2) is 5.87. The molecular formula is C11H15N3O6. The number of imide groups is 1. The van der Waals surface area contributed by atoms with E-state index in [1.807, 2.05) is 0 Å². The summed E-state index contributed by atoms with van der Waals surface area (Å²) in [6.45, 7) is 0.120. The molecule has 2 aliphatic rings. The maximum Gasteiger partial charge on any atom is 0.336 e. The van der Waals surface area contributed by atoms with Crippen molar-refractivity contribution in [3.05, 3.63) is 0 Å². The Balaban J connectivity index is 1.93. The number of nitrogens with one attached hydrogen (secondary N) is 1. The van der Waals surface area contributed by atoms with Crippen LogP contribution in [0.4, 0.5) is 4.79 Å². The minimum Gasteiger partial charge on any atom is -0.467 e. The van der Waals surface area contributed by atoms with Gasteiger partial charge in [0.25, 0.3) is 5.91 Å². The van der Waals surface area contributed by atoms with E-state index in [4.69, 9.17) is 4.74 Å². The lowest BCUT2D eigenvalue weighted by molar-refractivity contribution is -0.163. The van der Waals surface area contributed by atoms with Crippen LogP contribution in [0.5, 0.6) is 0 Å². The molecule has 9 nitrogen and oxygen atoms in total. The number of nitrogens with zero attached hydrogens (tertiary/aromatic N) is 2. The molecule has 0 aromatic carbocycles. The van der Waals surface area contributed by atoms with E-state index >= 15 is 0 Å². The molecular weight excluding hydrogens is 270 g/mol. The summed E-state index contributed by atoms with van der Waals surface area (Å²) >= 11 is 0. The Hall–Kier alpha value is -2.16. The van der Waals surface area contributed by atoms with Crippen LogP contribution >= 0.6 is 0 Å². The van der Waals surface area contributed by atoms with Crippen LogP contribution in [-0.4, -0.2) is 79.6 Å². The summed E-state index contributed by atoms with van der Waals surface area (Å²) in [7, 11) is 1.24. The van der Waals surface area contributed by atoms with Crippen molar-refractivity contribution in [3.8, 4) is 0 Å². The zero-order valence-electron chi connectivity index (χ0n) is 11.0. The van der Waals surface area contributed by atoms with Gasteiger partial charge in [-0.05, 0) is 0 Å². The number of amides is 4. The second-order valence-corrected chi connectivity index (χ2v) is 4.36. The van der Waals surface area contributed by atoms with E-state index in [0.29, 0.717) is 6.54 Å². The van der Waals surface area contributed by atoms with Gasteiger partial charge in [0.05, 0.1) is 26.8 Å². The average molecular weight is 285 g/mol. The lowest BCUT2D eigenvalue weighted by Crippen LogP contribution is -2.52. The summed E-state index contributed by atoms with van der Waals surface area (Å²) in [5, 5.41) is 2.33. The molecule has 1 N–H and O–H groups in total. The van der Waals surface area contributed by atoms with Crippen LogP contribution < -0.4 is 5.32 Å². The van der Waals surface area contributed by atoms with Crippen LogP contribution in [-0.2, 0) is 23.9 Å². The number of ether oxygens (including phenoxy) is 2. The van der Waals surface area contributed by atoms with Gasteiger partial charge in [-0.3, -0.25) is 14.5 Å². The first-order chi connectivity index (χ1) is 9.52. The maximum absolute atomic E-state index is 12.0. The highest BCUT2D eigenvalue weighted by Crippen LogP contribution is 2.08. The van der Waals surface area contributed by atoms with Crippen LogP contribution in [0, 0.1) is 0 Å². The predicted molar refractivity (Wildman–Crippen MR) is 63.4 cm³/mol. The first-order valence-corrected chi connectivity index (χ1v) is 6.08. The van der Waals surface area contributed by atoms with Crippen molar-refractivity contribution in [1.82, 2.24) is 15.1 Å². The summed E-state index contributed by atoms with van der Waals surface area (Å²) in [6.07, 6.45) is -0.833. The van der Waals surface area contributed by atoms with Crippen molar-refractivity contribution < 1.29 is 28.7 Å². The minimum atomic E-state index is -0.833. The smallest absolute Gasteiger partial charge is 0.336 e. The number of rotatable bonds is 3. The van der Waals surface area contributed by atoms with E-state index in [0.717, 1.165) is 4.90 Å². The molecule has 0 spiro atoms. The van der Waals surface area contributed by atoms with Gasteiger partial charge in [-0.25, -0.2) is 9.59 Å². The van der Waals surface area contributed by atoms with Gasteiger partial charge in [-0.1, -0.05) is 0 Å². The molecule has 2 heterocycles. The lowest BCUT2D eigenvalue weighted by atomic mass is 10.2. The summed E-state index contributed by atoms with van der Waals surface area (Å²) < 4.78 is 9.75. The molecule has 0 bridgehead atoms. The monoisotopic (exact) mass is 285 g/mol. The highest BCUT2D eigenvalue weighted by atomic mass is 16.6. The molecule has 9 heteroatoms. The van der Waals surface area contributed by atoms with E-state index in [1.54, 1.807) is 0 Å². The molecule has 1 atom stereocenters. The largest absolute Gasteiger partial charge is 0.467 e. The predicted octanol–water partition coefficient (Wildman–Crippen LogP) is -2.06. The number of methoxy groups -OCH3 is 1. The molecule has 2 fully saturated rings. The zero-order valence-corrected chi connectivity index (χ0v) is 11.0. The molecule has 0 aromatic heterocycles. The Morgan fingerprint density at radius 2 is 2.20 bits per heavy atom. The fourth-order valence-corrected chi connectivity index (χ4v) is 2.00. The van der Waals surface area contributed by atoms with Crippen molar-refractivity contribution in [3.63, 3.8) is 0 Å². The third-order valence-electron chi connectivity index (χ3n) is 3.11. The number of carbonyl (C=O) groups excluding carboxylic acids is 4. The van der Waals surface area contributed by atoms with Crippen LogP contribution in [0.3, 0.4) is 0 Å². The minimum absolute atomic E-state index is 0.0508. The number of urea groups is 1. The first-order valence-electron chi connectivity index (χ1n) is 6.08. The molecule has 0 radical (unpaired) electrons. The van der Waals surface area contributed by atoms with Gasteiger partial charge in [0.1, 0.15) is 6.54 Å². The lowest BCUT2D eigenvalue weighted by Gasteiger charge is -2.32. The normalized spacial score (nSPS) is 22.8. The topological polar surface area (TPSA) is 105 Å². The third-order valence-corrected chi connectivity index (χ3v) is 3.11. The maximum atomic E-state index is 12.0. The van der Waals surface area contributed by atoms with Gasteiger partial charge in [0.2, 0.25) is 5.91 Å². The summed E-state index contributed by atoms with van der Waals surface area (Å²) in [4.78, 5) is 48.4. The fourth-order valence-electron chi connectivity index (χ4n) is 2.00. The van der Waals surface area contributed by atoms with Crippen molar-refractivity contribution in [2.75, 3.05) is 39.9 Å². The molecule has 0 aliphatic carbocycles. The summed E-state index contributed by atoms with van der Waals surface area (Å²) in [5.41, 5.74) is 0. The second-order valence-electron chi connectivity index (χ2n) is 4.36.